The number of rotatable bonds is 8. The summed E-state index contributed by atoms with van der Waals surface area (Å²) in [6.07, 6.45) is 7.30. The van der Waals surface area contributed by atoms with Gasteiger partial charge in [-0.1, -0.05) is 48.5 Å². The number of aromatic nitrogens is 2. The summed E-state index contributed by atoms with van der Waals surface area (Å²) in [7, 11) is 0. The van der Waals surface area contributed by atoms with Gasteiger partial charge >= 0.3 is 18.0 Å². The van der Waals surface area contributed by atoms with Gasteiger partial charge < -0.3 is 24.9 Å². The van der Waals surface area contributed by atoms with Crippen molar-refractivity contribution in [2.75, 3.05) is 0 Å². The number of urea groups is 1. The number of Topliss-reactive ketones (excluding diaryl/α,β-unsaturated/α-hetero) is 1. The van der Waals surface area contributed by atoms with Gasteiger partial charge in [0, 0.05) is 18.8 Å². The molecule has 8 atom stereocenters. The summed E-state index contributed by atoms with van der Waals surface area (Å²) in [5.74, 6) is 0.528. The fourth-order valence-electron chi connectivity index (χ4n) is 12.4. The predicted molar refractivity (Wildman–Crippen MR) is 190 cm³/mol. The van der Waals surface area contributed by atoms with Crippen LogP contribution in [0.25, 0.3) is 0 Å². The third-order valence-electron chi connectivity index (χ3n) is 15.1. The Morgan fingerprint density at radius 2 is 1.67 bits per heavy atom. The number of hydrogen-bond acceptors (Lipinski definition) is 8. The SMILES string of the molecule is Cc1nnc(CNC(=O)N[C@@]23CC[C@]4(C)C(CCC5[C@@]6(C)CC[C@H](OC(=O)CC(C)(C)C(=O)O)C(C)(C)C6CC[C@]54C)C2=C(C(C)C)C(=O)C3)o1. The molecule has 11 nitrogen and oxygen atoms in total. The third kappa shape index (κ3) is 5.83. The number of aliphatic carboxylic acids is 1. The number of ether oxygens (including phenoxy) is 1. The van der Waals surface area contributed by atoms with Crippen LogP contribution < -0.4 is 10.6 Å². The van der Waals surface area contributed by atoms with Crippen molar-refractivity contribution in [3.05, 3.63) is 22.9 Å². The second-order valence-electron chi connectivity index (χ2n) is 19.0. The molecule has 51 heavy (non-hydrogen) atoms. The molecule has 0 radical (unpaired) electrons. The zero-order chi connectivity index (χ0) is 37.5. The van der Waals surface area contributed by atoms with Crippen LogP contribution in [0.1, 0.15) is 138 Å². The molecular weight excluding hydrogens is 648 g/mol. The quantitative estimate of drug-likeness (QED) is 0.235. The Kier molecular flexibility index (Phi) is 9.14. The number of allylic oxidation sites excluding steroid dienone is 1. The van der Waals surface area contributed by atoms with E-state index in [4.69, 9.17) is 9.15 Å². The van der Waals surface area contributed by atoms with E-state index < -0.39 is 22.9 Å². The molecule has 0 aromatic carbocycles. The highest BCUT2D eigenvalue weighted by atomic mass is 16.5. The van der Waals surface area contributed by atoms with Crippen LogP contribution in [0.5, 0.6) is 0 Å². The molecule has 0 spiro atoms. The first kappa shape index (κ1) is 37.5. The Hall–Kier alpha value is -3.24. The van der Waals surface area contributed by atoms with Gasteiger partial charge in [0.2, 0.25) is 11.8 Å². The number of carbonyl (C=O) groups is 4. The Bertz CT molecular complexity index is 1640. The number of hydrogen-bond donors (Lipinski definition) is 3. The monoisotopic (exact) mass is 708 g/mol. The van der Waals surface area contributed by atoms with E-state index in [1.54, 1.807) is 20.8 Å². The zero-order valence-electron chi connectivity index (χ0n) is 32.5. The molecule has 1 heterocycles. The van der Waals surface area contributed by atoms with Gasteiger partial charge in [-0.3, -0.25) is 14.4 Å². The molecular formula is C40H60N4O7. The molecule has 4 saturated carbocycles. The van der Waals surface area contributed by atoms with Crippen LogP contribution in [0, 0.1) is 57.7 Å². The number of carboxylic acid groups (broad SMARTS) is 1. The van der Waals surface area contributed by atoms with Crippen molar-refractivity contribution in [2.45, 2.75) is 152 Å². The lowest BCUT2D eigenvalue weighted by molar-refractivity contribution is -0.232. The molecule has 0 saturated heterocycles. The lowest BCUT2D eigenvalue weighted by atomic mass is 9.33. The number of esters is 1. The van der Waals surface area contributed by atoms with Gasteiger partial charge in [-0.05, 0) is 116 Å². The van der Waals surface area contributed by atoms with Gasteiger partial charge in [0.1, 0.15) is 6.10 Å². The van der Waals surface area contributed by atoms with Crippen molar-refractivity contribution in [2.24, 2.45) is 50.7 Å². The summed E-state index contributed by atoms with van der Waals surface area (Å²) in [6, 6.07) is -0.330. The summed E-state index contributed by atoms with van der Waals surface area (Å²) in [5, 5.41) is 23.7. The summed E-state index contributed by atoms with van der Waals surface area (Å²) in [6.45, 7) is 21.2. The predicted octanol–water partition coefficient (Wildman–Crippen LogP) is 7.32. The second-order valence-corrected chi connectivity index (χ2v) is 19.0. The molecule has 0 bridgehead atoms. The zero-order valence-corrected chi connectivity index (χ0v) is 32.5. The molecule has 3 unspecified atom stereocenters. The Morgan fingerprint density at radius 3 is 2.29 bits per heavy atom. The second kappa shape index (κ2) is 12.4. The van der Waals surface area contributed by atoms with E-state index in [1.165, 1.54) is 5.57 Å². The number of nitrogens with one attached hydrogen (secondary N) is 2. The first-order valence-corrected chi connectivity index (χ1v) is 19.2. The van der Waals surface area contributed by atoms with Gasteiger partial charge in [0.05, 0.1) is 23.9 Å². The van der Waals surface area contributed by atoms with Crippen molar-refractivity contribution >= 4 is 23.8 Å². The van der Waals surface area contributed by atoms with Crippen LogP contribution in [-0.4, -0.2) is 50.7 Å². The summed E-state index contributed by atoms with van der Waals surface area (Å²) >= 11 is 0. The van der Waals surface area contributed by atoms with E-state index in [0.717, 1.165) is 50.5 Å². The van der Waals surface area contributed by atoms with Gasteiger partial charge in [-0.15, -0.1) is 10.2 Å². The van der Waals surface area contributed by atoms with E-state index in [0.29, 0.717) is 36.5 Å². The first-order chi connectivity index (χ1) is 23.6. The van der Waals surface area contributed by atoms with Crippen LogP contribution in [-0.2, 0) is 25.7 Å². The molecule has 11 heteroatoms. The molecule has 1 aromatic rings. The fourth-order valence-corrected chi connectivity index (χ4v) is 12.4. The van der Waals surface area contributed by atoms with E-state index in [1.807, 2.05) is 0 Å². The lowest BCUT2D eigenvalue weighted by Crippen LogP contribution is -2.67. The first-order valence-electron chi connectivity index (χ1n) is 19.2. The summed E-state index contributed by atoms with van der Waals surface area (Å²) in [5.41, 5.74) is -0.0832. The number of ketones is 1. The van der Waals surface area contributed by atoms with Crippen LogP contribution in [0.3, 0.4) is 0 Å². The number of fused-ring (bicyclic) bond motifs is 7. The maximum absolute atomic E-state index is 13.9. The van der Waals surface area contributed by atoms with E-state index >= 15 is 0 Å². The standard InChI is InChI=1S/C40H60N4O7/c1-22(2)31-25(45)19-40(42-34(49)41-21-29-44-43-23(3)50-29)18-17-38(9)24(32(31)40)11-12-27-37(8)15-14-28(51-30(46)20-35(4,5)33(47)48)36(6,7)26(37)13-16-39(27,38)10/h22,24,26-28H,11-21H2,1-10H3,(H,47,48)(H2,41,42,49)/t24?,26?,27?,28-,37-,38+,39+,40+/m0/s1. The van der Waals surface area contributed by atoms with Crippen molar-refractivity contribution in [3.8, 4) is 0 Å². The molecule has 2 amide bonds. The van der Waals surface area contributed by atoms with Crippen molar-refractivity contribution < 1.29 is 33.4 Å². The third-order valence-corrected chi connectivity index (χ3v) is 15.1. The van der Waals surface area contributed by atoms with Crippen LogP contribution in [0.2, 0.25) is 0 Å². The molecule has 5 aliphatic carbocycles. The van der Waals surface area contributed by atoms with Gasteiger partial charge in [0.25, 0.3) is 0 Å². The van der Waals surface area contributed by atoms with E-state index in [-0.39, 0.29) is 64.4 Å². The Labute approximate surface area is 302 Å². The minimum absolute atomic E-state index is 0.0111. The average Bonchev–Trinajstić information content (AvgIpc) is 3.57. The maximum Gasteiger partial charge on any atom is 0.315 e. The highest BCUT2D eigenvalue weighted by Crippen LogP contribution is 2.76. The Balaban J connectivity index is 1.26. The van der Waals surface area contributed by atoms with Crippen LogP contribution in [0.4, 0.5) is 4.79 Å². The van der Waals surface area contributed by atoms with Gasteiger partial charge in [-0.2, -0.15) is 0 Å². The lowest BCUT2D eigenvalue weighted by Gasteiger charge is -2.72. The molecule has 5 aliphatic rings. The van der Waals surface area contributed by atoms with E-state index in [2.05, 4.69) is 69.3 Å². The van der Waals surface area contributed by atoms with Crippen molar-refractivity contribution in [3.63, 3.8) is 0 Å². The van der Waals surface area contributed by atoms with Gasteiger partial charge in [0.15, 0.2) is 5.78 Å². The number of amides is 2. The fraction of sp³-hybridized carbons (Fsp3) is 0.800. The van der Waals surface area contributed by atoms with Crippen molar-refractivity contribution in [1.29, 1.82) is 0 Å². The van der Waals surface area contributed by atoms with Crippen LogP contribution in [0.15, 0.2) is 15.6 Å². The van der Waals surface area contributed by atoms with Crippen LogP contribution >= 0.6 is 0 Å². The van der Waals surface area contributed by atoms with Gasteiger partial charge in [-0.25, -0.2) is 4.79 Å². The largest absolute Gasteiger partial charge is 0.481 e. The number of carboxylic acids is 1. The number of aryl methyl sites for hydroxylation is 1. The summed E-state index contributed by atoms with van der Waals surface area (Å²) < 4.78 is 11.6. The minimum Gasteiger partial charge on any atom is -0.481 e. The highest BCUT2D eigenvalue weighted by Gasteiger charge is 2.70. The molecule has 282 valence electrons. The van der Waals surface area contributed by atoms with Crippen molar-refractivity contribution in [1.82, 2.24) is 20.8 Å². The smallest absolute Gasteiger partial charge is 0.315 e. The highest BCUT2D eigenvalue weighted by molar-refractivity contribution is 6.02. The number of nitrogens with zero attached hydrogens (tertiary/aromatic N) is 2. The Morgan fingerprint density at radius 1 is 0.961 bits per heavy atom. The van der Waals surface area contributed by atoms with E-state index in [9.17, 15) is 24.3 Å². The minimum atomic E-state index is -1.18. The molecule has 3 N–H and O–H groups in total. The number of carbonyl (C=O) groups excluding carboxylic acids is 3. The molecule has 0 aliphatic heterocycles. The maximum atomic E-state index is 13.9. The summed E-state index contributed by atoms with van der Waals surface area (Å²) in [4.78, 5) is 52.2. The average molecular weight is 709 g/mol. The molecule has 6 rings (SSSR count). The molecule has 4 fully saturated rings. The topological polar surface area (TPSA) is 161 Å². The normalized spacial score (nSPS) is 37.2. The molecule has 1 aromatic heterocycles.